The van der Waals surface area contributed by atoms with Crippen LogP contribution in [-0.2, 0) is 17.6 Å². The topological polar surface area (TPSA) is 54.5 Å². The molecule has 5 nitrogen and oxygen atoms in total. The number of carbonyl (C=O) groups is 1. The number of pyridine rings is 1. The SMILES string of the molecule is CC(C)COC1CCN(C(=O)Nc2cnc3c(c2)CCCC3)C1. The minimum absolute atomic E-state index is 0.0433. The molecule has 0 bridgehead atoms. The number of nitrogens with zero attached hydrogens (tertiary/aromatic N) is 2. The van der Waals surface area contributed by atoms with Gasteiger partial charge in [0.05, 0.1) is 18.0 Å². The molecule has 3 rings (SSSR count). The summed E-state index contributed by atoms with van der Waals surface area (Å²) in [6.07, 6.45) is 7.44. The maximum atomic E-state index is 12.4. The van der Waals surface area contributed by atoms with Crippen molar-refractivity contribution in [2.45, 2.75) is 52.1 Å². The minimum atomic E-state index is -0.0433. The summed E-state index contributed by atoms with van der Waals surface area (Å²) in [7, 11) is 0. The van der Waals surface area contributed by atoms with Gasteiger partial charge in [-0.2, -0.15) is 0 Å². The molecule has 1 N–H and O–H groups in total. The monoisotopic (exact) mass is 317 g/mol. The number of hydrogen-bond donors (Lipinski definition) is 1. The predicted octanol–water partition coefficient (Wildman–Crippen LogP) is 3.24. The first kappa shape index (κ1) is 16.2. The maximum absolute atomic E-state index is 12.4. The van der Waals surface area contributed by atoms with Gasteiger partial charge in [-0.25, -0.2) is 4.79 Å². The largest absolute Gasteiger partial charge is 0.376 e. The molecule has 0 radical (unpaired) electrons. The van der Waals surface area contributed by atoms with E-state index >= 15 is 0 Å². The number of hydrogen-bond acceptors (Lipinski definition) is 3. The summed E-state index contributed by atoms with van der Waals surface area (Å²) in [6.45, 7) is 6.48. The van der Waals surface area contributed by atoms with Gasteiger partial charge in [-0.15, -0.1) is 0 Å². The summed E-state index contributed by atoms with van der Waals surface area (Å²) in [5, 5.41) is 2.99. The third-order valence-corrected chi connectivity index (χ3v) is 4.52. The molecule has 2 aliphatic rings. The van der Waals surface area contributed by atoms with Crippen molar-refractivity contribution < 1.29 is 9.53 Å². The molecule has 1 unspecified atom stereocenters. The highest BCUT2D eigenvalue weighted by molar-refractivity contribution is 5.89. The second-order valence-electron chi connectivity index (χ2n) is 7.05. The zero-order chi connectivity index (χ0) is 16.2. The van der Waals surface area contributed by atoms with Crippen LogP contribution in [0.1, 0.15) is 44.4 Å². The van der Waals surface area contributed by atoms with Crippen molar-refractivity contribution in [1.29, 1.82) is 0 Å². The normalized spacial score (nSPS) is 20.7. The van der Waals surface area contributed by atoms with E-state index < -0.39 is 0 Å². The van der Waals surface area contributed by atoms with E-state index in [1.165, 1.54) is 24.1 Å². The second-order valence-corrected chi connectivity index (χ2v) is 7.05. The molecular weight excluding hydrogens is 290 g/mol. The summed E-state index contributed by atoms with van der Waals surface area (Å²) in [4.78, 5) is 18.7. The van der Waals surface area contributed by atoms with Crippen LogP contribution in [0.25, 0.3) is 0 Å². The van der Waals surface area contributed by atoms with Crippen molar-refractivity contribution in [2.75, 3.05) is 25.0 Å². The first-order valence-electron chi connectivity index (χ1n) is 8.77. The lowest BCUT2D eigenvalue weighted by Gasteiger charge is -2.19. The Balaban J connectivity index is 1.53. The number of likely N-dealkylation sites (tertiary alicyclic amines) is 1. The number of nitrogens with one attached hydrogen (secondary N) is 1. The van der Waals surface area contributed by atoms with E-state index in [-0.39, 0.29) is 12.1 Å². The number of ether oxygens (including phenoxy) is 1. The average molecular weight is 317 g/mol. The van der Waals surface area contributed by atoms with Crippen LogP contribution in [0.15, 0.2) is 12.3 Å². The Hall–Kier alpha value is -1.62. The number of fused-ring (bicyclic) bond motifs is 1. The molecule has 1 fully saturated rings. The molecule has 23 heavy (non-hydrogen) atoms. The van der Waals surface area contributed by atoms with Crippen molar-refractivity contribution in [3.8, 4) is 0 Å². The van der Waals surface area contributed by atoms with E-state index in [1.54, 1.807) is 6.20 Å². The summed E-state index contributed by atoms with van der Waals surface area (Å²) >= 11 is 0. The highest BCUT2D eigenvalue weighted by Crippen LogP contribution is 2.22. The number of urea groups is 1. The molecule has 1 aliphatic heterocycles. The molecule has 5 heteroatoms. The van der Waals surface area contributed by atoms with E-state index in [0.717, 1.165) is 38.1 Å². The molecule has 1 aromatic heterocycles. The second kappa shape index (κ2) is 7.30. The summed E-state index contributed by atoms with van der Waals surface area (Å²) in [6, 6.07) is 2.04. The summed E-state index contributed by atoms with van der Waals surface area (Å²) in [5.41, 5.74) is 3.29. The summed E-state index contributed by atoms with van der Waals surface area (Å²) in [5.74, 6) is 0.527. The van der Waals surface area contributed by atoms with Crippen molar-refractivity contribution in [3.63, 3.8) is 0 Å². The zero-order valence-corrected chi connectivity index (χ0v) is 14.2. The number of carbonyl (C=O) groups excluding carboxylic acids is 1. The van der Waals surface area contributed by atoms with E-state index in [9.17, 15) is 4.79 Å². The van der Waals surface area contributed by atoms with Crippen molar-refractivity contribution >= 4 is 11.7 Å². The van der Waals surface area contributed by atoms with Crippen LogP contribution in [0.2, 0.25) is 0 Å². The molecule has 2 amide bonds. The van der Waals surface area contributed by atoms with Crippen molar-refractivity contribution in [2.24, 2.45) is 5.92 Å². The molecular formula is C18H27N3O2. The molecule has 0 aromatic carbocycles. The molecule has 126 valence electrons. The maximum Gasteiger partial charge on any atom is 0.321 e. The number of anilines is 1. The first-order valence-corrected chi connectivity index (χ1v) is 8.77. The molecule has 1 saturated heterocycles. The van der Waals surface area contributed by atoms with Crippen LogP contribution in [0, 0.1) is 5.92 Å². The van der Waals surface area contributed by atoms with Gasteiger partial charge >= 0.3 is 6.03 Å². The van der Waals surface area contributed by atoms with Gasteiger partial charge in [-0.1, -0.05) is 13.8 Å². The lowest BCUT2D eigenvalue weighted by molar-refractivity contribution is 0.0440. The number of aryl methyl sites for hydroxylation is 2. The number of rotatable bonds is 4. The van der Waals surface area contributed by atoms with Gasteiger partial charge in [-0.05, 0) is 49.7 Å². The Kier molecular flexibility index (Phi) is 5.16. The van der Waals surface area contributed by atoms with Gasteiger partial charge in [0.1, 0.15) is 0 Å². The van der Waals surface area contributed by atoms with Crippen LogP contribution in [0.4, 0.5) is 10.5 Å². The molecule has 1 aromatic rings. The summed E-state index contributed by atoms with van der Waals surface area (Å²) < 4.78 is 5.84. The Labute approximate surface area is 138 Å². The lowest BCUT2D eigenvalue weighted by atomic mass is 9.96. The van der Waals surface area contributed by atoms with Crippen LogP contribution in [0.5, 0.6) is 0 Å². The smallest absolute Gasteiger partial charge is 0.321 e. The Morgan fingerprint density at radius 3 is 3.09 bits per heavy atom. The van der Waals surface area contributed by atoms with Crippen molar-refractivity contribution in [3.05, 3.63) is 23.5 Å². The van der Waals surface area contributed by atoms with Crippen LogP contribution in [-0.4, -0.2) is 41.7 Å². The van der Waals surface area contributed by atoms with Gasteiger partial charge in [-0.3, -0.25) is 4.98 Å². The fraction of sp³-hybridized carbons (Fsp3) is 0.667. The van der Waals surface area contributed by atoms with Crippen LogP contribution >= 0.6 is 0 Å². The third-order valence-electron chi connectivity index (χ3n) is 4.52. The quantitative estimate of drug-likeness (QED) is 0.927. The van der Waals surface area contributed by atoms with Crippen LogP contribution in [0.3, 0.4) is 0 Å². The Morgan fingerprint density at radius 1 is 1.43 bits per heavy atom. The van der Waals surface area contributed by atoms with E-state index in [4.69, 9.17) is 4.74 Å². The standard InChI is InChI=1S/C18H27N3O2/c1-13(2)12-23-16-7-8-21(11-16)18(22)20-15-9-14-5-3-4-6-17(14)19-10-15/h9-10,13,16H,3-8,11-12H2,1-2H3,(H,20,22). The Bertz CT molecular complexity index is 559. The highest BCUT2D eigenvalue weighted by Gasteiger charge is 2.27. The van der Waals surface area contributed by atoms with Crippen LogP contribution < -0.4 is 5.32 Å². The fourth-order valence-electron chi connectivity index (χ4n) is 3.24. The molecule has 1 aliphatic carbocycles. The van der Waals surface area contributed by atoms with Gasteiger partial charge in [0.2, 0.25) is 0 Å². The van der Waals surface area contributed by atoms with Crippen molar-refractivity contribution in [1.82, 2.24) is 9.88 Å². The molecule has 1 atom stereocenters. The lowest BCUT2D eigenvalue weighted by Crippen LogP contribution is -2.34. The molecule has 0 saturated carbocycles. The van der Waals surface area contributed by atoms with E-state index in [0.29, 0.717) is 12.5 Å². The minimum Gasteiger partial charge on any atom is -0.376 e. The Morgan fingerprint density at radius 2 is 2.26 bits per heavy atom. The predicted molar refractivity (Wildman–Crippen MR) is 90.7 cm³/mol. The highest BCUT2D eigenvalue weighted by atomic mass is 16.5. The zero-order valence-electron chi connectivity index (χ0n) is 14.2. The van der Waals surface area contributed by atoms with Gasteiger partial charge in [0.25, 0.3) is 0 Å². The first-order chi connectivity index (χ1) is 11.1. The molecule has 2 heterocycles. The fourth-order valence-corrected chi connectivity index (χ4v) is 3.24. The number of amides is 2. The number of aromatic nitrogens is 1. The van der Waals surface area contributed by atoms with Gasteiger partial charge < -0.3 is 15.0 Å². The third kappa shape index (κ3) is 4.22. The van der Waals surface area contributed by atoms with E-state index in [1.807, 2.05) is 4.90 Å². The van der Waals surface area contributed by atoms with Gasteiger partial charge in [0.15, 0.2) is 0 Å². The van der Waals surface area contributed by atoms with Gasteiger partial charge in [0, 0.05) is 25.4 Å². The van der Waals surface area contributed by atoms with E-state index in [2.05, 4.69) is 30.2 Å². The average Bonchev–Trinajstić information content (AvgIpc) is 3.02. The molecule has 0 spiro atoms.